The Labute approximate surface area is 212 Å². The molecule has 2 amide bonds. The van der Waals surface area contributed by atoms with Crippen LogP contribution < -0.4 is 9.47 Å². The van der Waals surface area contributed by atoms with Crippen molar-refractivity contribution in [3.8, 4) is 11.5 Å². The molecule has 36 heavy (non-hydrogen) atoms. The first kappa shape index (κ1) is 23.3. The second-order valence-corrected chi connectivity index (χ2v) is 10.4. The number of nitrogens with zero attached hydrogens (tertiary/aromatic N) is 3. The molecule has 1 saturated heterocycles. The summed E-state index contributed by atoms with van der Waals surface area (Å²) >= 11 is 0. The molecule has 2 atom stereocenters. The second kappa shape index (κ2) is 9.77. The van der Waals surface area contributed by atoms with Crippen molar-refractivity contribution in [1.82, 2.24) is 14.7 Å². The summed E-state index contributed by atoms with van der Waals surface area (Å²) in [6, 6.07) is 13.8. The minimum Gasteiger partial charge on any atom is -0.454 e. The van der Waals surface area contributed by atoms with Crippen LogP contribution in [0.4, 0.5) is 0 Å². The summed E-state index contributed by atoms with van der Waals surface area (Å²) in [4.78, 5) is 34.5. The molecule has 3 heterocycles. The van der Waals surface area contributed by atoms with Gasteiger partial charge in [0.15, 0.2) is 11.5 Å². The van der Waals surface area contributed by atoms with Crippen LogP contribution in [0.3, 0.4) is 0 Å². The Hall–Kier alpha value is -3.06. The summed E-state index contributed by atoms with van der Waals surface area (Å²) in [6.45, 7) is 6.19. The minimum atomic E-state index is -0.455. The fraction of sp³-hybridized carbons (Fsp3) is 0.517. The largest absolute Gasteiger partial charge is 0.454 e. The van der Waals surface area contributed by atoms with Gasteiger partial charge in [0.25, 0.3) is 5.91 Å². The highest BCUT2D eigenvalue weighted by Gasteiger charge is 2.46. The number of fused-ring (bicyclic) bond motifs is 2. The molecule has 0 radical (unpaired) electrons. The third kappa shape index (κ3) is 4.03. The van der Waals surface area contributed by atoms with Crippen LogP contribution >= 0.6 is 0 Å². The molecule has 0 N–H and O–H groups in total. The molecule has 0 spiro atoms. The highest BCUT2D eigenvalue weighted by atomic mass is 16.7. The van der Waals surface area contributed by atoms with Crippen LogP contribution in [-0.2, 0) is 4.79 Å². The molecule has 7 heteroatoms. The van der Waals surface area contributed by atoms with Gasteiger partial charge in [-0.1, -0.05) is 44.0 Å². The van der Waals surface area contributed by atoms with Crippen LogP contribution in [0, 0.1) is 0 Å². The summed E-state index contributed by atoms with van der Waals surface area (Å²) in [7, 11) is 0. The van der Waals surface area contributed by atoms with Crippen molar-refractivity contribution < 1.29 is 19.1 Å². The van der Waals surface area contributed by atoms with Gasteiger partial charge in [-0.2, -0.15) is 0 Å². The zero-order valence-corrected chi connectivity index (χ0v) is 21.0. The van der Waals surface area contributed by atoms with E-state index in [1.807, 2.05) is 52.3 Å². The number of carbonyl (C=O) groups excluding carboxylic acids is 2. The summed E-state index contributed by atoms with van der Waals surface area (Å²) in [5, 5.41) is 0. The first-order chi connectivity index (χ1) is 17.7. The highest BCUT2D eigenvalue weighted by Crippen LogP contribution is 2.46. The summed E-state index contributed by atoms with van der Waals surface area (Å²) in [5.74, 6) is 1.03. The number of carbonyl (C=O) groups is 2. The van der Waals surface area contributed by atoms with E-state index in [2.05, 4.69) is 11.8 Å². The zero-order chi connectivity index (χ0) is 24.6. The third-order valence-corrected chi connectivity index (χ3v) is 8.37. The number of hydrogen-bond donors (Lipinski definition) is 0. The Balaban J connectivity index is 1.36. The van der Waals surface area contributed by atoms with Gasteiger partial charge in [0.2, 0.25) is 12.7 Å². The van der Waals surface area contributed by atoms with E-state index in [-0.39, 0.29) is 24.6 Å². The van der Waals surface area contributed by atoms with Gasteiger partial charge in [0, 0.05) is 44.3 Å². The van der Waals surface area contributed by atoms with Gasteiger partial charge in [0.05, 0.1) is 12.0 Å². The lowest BCUT2D eigenvalue weighted by Crippen LogP contribution is -2.54. The average Bonchev–Trinajstić information content (AvgIpc) is 3.62. The van der Waals surface area contributed by atoms with E-state index >= 15 is 0 Å². The SMILES string of the molecule is CCCN1C(=O)c2ccccc2[C@@H](C(=O)N2CCN(C3CCCC3)CC2)[C@H]1c1ccc2c(c1)OCO2. The van der Waals surface area contributed by atoms with Crippen LogP contribution in [0.2, 0.25) is 0 Å². The molecule has 2 aromatic rings. The van der Waals surface area contributed by atoms with Crippen LogP contribution in [-0.4, -0.2) is 72.1 Å². The van der Waals surface area contributed by atoms with E-state index in [1.54, 1.807) is 0 Å². The third-order valence-electron chi connectivity index (χ3n) is 8.37. The van der Waals surface area contributed by atoms with E-state index < -0.39 is 5.92 Å². The Morgan fingerprint density at radius 2 is 1.72 bits per heavy atom. The van der Waals surface area contributed by atoms with Gasteiger partial charge >= 0.3 is 0 Å². The summed E-state index contributed by atoms with van der Waals surface area (Å²) in [6.07, 6.45) is 6.02. The zero-order valence-electron chi connectivity index (χ0n) is 21.0. The molecule has 0 bridgehead atoms. The van der Waals surface area contributed by atoms with Crippen molar-refractivity contribution in [1.29, 1.82) is 0 Å². The summed E-state index contributed by atoms with van der Waals surface area (Å²) < 4.78 is 11.2. The molecule has 0 aromatic heterocycles. The number of piperazine rings is 1. The average molecular weight is 490 g/mol. The molecule has 3 aliphatic heterocycles. The lowest BCUT2D eigenvalue weighted by Gasteiger charge is -2.45. The molecule has 1 saturated carbocycles. The topological polar surface area (TPSA) is 62.3 Å². The maximum atomic E-state index is 14.3. The predicted octanol–water partition coefficient (Wildman–Crippen LogP) is 4.19. The Kier molecular flexibility index (Phi) is 6.34. The molecular formula is C29H35N3O4. The lowest BCUT2D eigenvalue weighted by atomic mass is 9.78. The minimum absolute atomic E-state index is 0.00906. The molecule has 7 nitrogen and oxygen atoms in total. The van der Waals surface area contributed by atoms with Crippen molar-refractivity contribution in [2.45, 2.75) is 57.0 Å². The molecule has 4 aliphatic rings. The van der Waals surface area contributed by atoms with E-state index in [9.17, 15) is 9.59 Å². The van der Waals surface area contributed by atoms with E-state index in [4.69, 9.17) is 9.47 Å². The van der Waals surface area contributed by atoms with Crippen LogP contribution in [0.1, 0.15) is 72.5 Å². The van der Waals surface area contributed by atoms with Crippen molar-refractivity contribution in [3.63, 3.8) is 0 Å². The summed E-state index contributed by atoms with van der Waals surface area (Å²) in [5.41, 5.74) is 2.39. The normalized spacial score (nSPS) is 24.3. The Morgan fingerprint density at radius 1 is 0.972 bits per heavy atom. The number of hydrogen-bond acceptors (Lipinski definition) is 5. The van der Waals surface area contributed by atoms with Gasteiger partial charge < -0.3 is 19.3 Å². The van der Waals surface area contributed by atoms with Crippen molar-refractivity contribution in [2.75, 3.05) is 39.5 Å². The lowest BCUT2D eigenvalue weighted by molar-refractivity contribution is -0.136. The number of amides is 2. The molecule has 2 fully saturated rings. The van der Waals surface area contributed by atoms with Gasteiger partial charge in [-0.3, -0.25) is 14.5 Å². The fourth-order valence-corrected chi connectivity index (χ4v) is 6.59. The molecule has 1 aliphatic carbocycles. The first-order valence-corrected chi connectivity index (χ1v) is 13.5. The Bertz CT molecular complexity index is 1140. The van der Waals surface area contributed by atoms with Gasteiger partial charge in [-0.15, -0.1) is 0 Å². The molecular weight excluding hydrogens is 454 g/mol. The van der Waals surface area contributed by atoms with Crippen LogP contribution in [0.15, 0.2) is 42.5 Å². The van der Waals surface area contributed by atoms with Gasteiger partial charge in [0.1, 0.15) is 0 Å². The quantitative estimate of drug-likeness (QED) is 0.630. The van der Waals surface area contributed by atoms with Crippen LogP contribution in [0.25, 0.3) is 0 Å². The molecule has 190 valence electrons. The monoisotopic (exact) mass is 489 g/mol. The number of ether oxygens (including phenoxy) is 2. The fourth-order valence-electron chi connectivity index (χ4n) is 6.59. The van der Waals surface area contributed by atoms with Gasteiger partial charge in [-0.05, 0) is 48.6 Å². The van der Waals surface area contributed by atoms with E-state index in [0.717, 1.165) is 43.7 Å². The smallest absolute Gasteiger partial charge is 0.254 e. The standard InChI is InChI=1S/C29H35N3O4/c1-2-13-32-27(20-11-12-24-25(18-20)36-19-35-24)26(22-9-5-6-10-23(22)28(32)33)29(34)31-16-14-30(15-17-31)21-7-3-4-8-21/h5-6,9-12,18,21,26-27H,2-4,7-8,13-17,19H2,1H3/t26-,27-/m1/s1. The number of rotatable bonds is 5. The first-order valence-electron chi connectivity index (χ1n) is 13.5. The van der Waals surface area contributed by atoms with E-state index in [0.29, 0.717) is 29.6 Å². The highest BCUT2D eigenvalue weighted by molar-refractivity contribution is 6.01. The van der Waals surface area contributed by atoms with Crippen LogP contribution in [0.5, 0.6) is 11.5 Å². The molecule has 2 aromatic carbocycles. The predicted molar refractivity (Wildman–Crippen MR) is 136 cm³/mol. The van der Waals surface area contributed by atoms with Gasteiger partial charge in [-0.25, -0.2) is 0 Å². The maximum absolute atomic E-state index is 14.3. The van der Waals surface area contributed by atoms with Crippen molar-refractivity contribution >= 4 is 11.8 Å². The van der Waals surface area contributed by atoms with Crippen molar-refractivity contribution in [3.05, 3.63) is 59.2 Å². The maximum Gasteiger partial charge on any atom is 0.254 e. The second-order valence-electron chi connectivity index (χ2n) is 10.4. The molecule has 6 rings (SSSR count). The molecule has 0 unspecified atom stereocenters. The Morgan fingerprint density at radius 3 is 2.50 bits per heavy atom. The van der Waals surface area contributed by atoms with Crippen molar-refractivity contribution in [2.24, 2.45) is 0 Å². The van der Waals surface area contributed by atoms with E-state index in [1.165, 1.54) is 25.7 Å². The number of benzene rings is 2.